The Kier molecular flexibility index (Phi) is 4.08. The molecular weight excluding hydrogens is 140 g/mol. The molecule has 2 heteroatoms. The molecule has 2 N–H and O–H groups in total. The van der Waals surface area contributed by atoms with Gasteiger partial charge < -0.3 is 10.2 Å². The van der Waals surface area contributed by atoms with Crippen molar-refractivity contribution >= 4 is 0 Å². The number of hydrogen-bond acceptors (Lipinski definition) is 2. The van der Waals surface area contributed by atoms with E-state index in [9.17, 15) is 10.2 Å². The van der Waals surface area contributed by atoms with Gasteiger partial charge in [-0.15, -0.1) is 6.58 Å². The highest BCUT2D eigenvalue weighted by Crippen LogP contribution is 2.14. The van der Waals surface area contributed by atoms with E-state index in [1.807, 2.05) is 0 Å². The van der Waals surface area contributed by atoms with Crippen LogP contribution in [0.2, 0.25) is 0 Å². The summed E-state index contributed by atoms with van der Waals surface area (Å²) in [4.78, 5) is 0. The second-order valence-corrected chi connectivity index (χ2v) is 2.77. The van der Waals surface area contributed by atoms with Crippen LogP contribution in [-0.2, 0) is 0 Å². The molecule has 0 heterocycles. The predicted octanol–water partition coefficient (Wildman–Crippen LogP) is 1.25. The Morgan fingerprint density at radius 1 is 1.64 bits per heavy atom. The maximum Gasteiger partial charge on any atom is 0.106 e. The normalized spacial score (nSPS) is 19.6. The van der Waals surface area contributed by atoms with Crippen LogP contribution in [0.15, 0.2) is 24.8 Å². The fourth-order valence-electron chi connectivity index (χ4n) is 0.845. The minimum absolute atomic E-state index is 0.400. The summed E-state index contributed by atoms with van der Waals surface area (Å²) < 4.78 is 0. The van der Waals surface area contributed by atoms with Crippen LogP contribution < -0.4 is 0 Å². The minimum atomic E-state index is -1.14. The summed E-state index contributed by atoms with van der Waals surface area (Å²) in [6.45, 7) is 6.85. The molecule has 0 rings (SSSR count). The van der Waals surface area contributed by atoms with Crippen LogP contribution in [0.25, 0.3) is 0 Å². The Balaban J connectivity index is 4.15. The number of rotatable bonds is 4. The molecule has 64 valence electrons. The first-order chi connectivity index (χ1) is 5.04. The number of aliphatic hydroxyl groups excluding tert-OH is 1. The molecule has 0 aromatic heterocycles. The smallest absolute Gasteiger partial charge is 0.106 e. The van der Waals surface area contributed by atoms with Gasteiger partial charge in [-0.2, -0.15) is 0 Å². The molecule has 0 amide bonds. The van der Waals surface area contributed by atoms with Crippen LogP contribution in [0.4, 0.5) is 0 Å². The molecule has 11 heavy (non-hydrogen) atoms. The van der Waals surface area contributed by atoms with Gasteiger partial charge in [0.2, 0.25) is 0 Å². The molecule has 2 nitrogen and oxygen atoms in total. The van der Waals surface area contributed by atoms with Crippen LogP contribution in [0.1, 0.15) is 20.3 Å². The highest BCUT2D eigenvalue weighted by atomic mass is 16.3. The molecular formula is C9H16O2. The van der Waals surface area contributed by atoms with Gasteiger partial charge in [0.25, 0.3) is 0 Å². The van der Waals surface area contributed by atoms with E-state index in [1.54, 1.807) is 32.1 Å². The second-order valence-electron chi connectivity index (χ2n) is 2.77. The van der Waals surface area contributed by atoms with Gasteiger partial charge in [-0.05, 0) is 20.3 Å². The average molecular weight is 156 g/mol. The number of aliphatic hydroxyl groups is 2. The fraction of sp³-hybridized carbons (Fsp3) is 0.556. The number of allylic oxidation sites excluding steroid dienone is 1. The van der Waals surface area contributed by atoms with Gasteiger partial charge in [0.1, 0.15) is 5.60 Å². The zero-order valence-corrected chi connectivity index (χ0v) is 7.12. The van der Waals surface area contributed by atoms with Crippen LogP contribution >= 0.6 is 0 Å². The maximum atomic E-state index is 9.53. The molecule has 0 bridgehead atoms. The standard InChI is InChI=1S/C9H16O2/c1-4-6-8(10)9(3,11)7-5-2/h4-5,7-8,10-11H,1,6H2,2-3H3. The van der Waals surface area contributed by atoms with Crippen molar-refractivity contribution in [3.05, 3.63) is 24.8 Å². The minimum Gasteiger partial charge on any atom is -0.389 e. The molecule has 0 radical (unpaired) electrons. The monoisotopic (exact) mass is 156 g/mol. The average Bonchev–Trinajstić information content (AvgIpc) is 1.88. The van der Waals surface area contributed by atoms with Crippen molar-refractivity contribution in [3.63, 3.8) is 0 Å². The van der Waals surface area contributed by atoms with Crippen LogP contribution in [0.3, 0.4) is 0 Å². The van der Waals surface area contributed by atoms with E-state index in [1.165, 1.54) is 0 Å². The van der Waals surface area contributed by atoms with E-state index in [0.29, 0.717) is 6.42 Å². The van der Waals surface area contributed by atoms with Crippen molar-refractivity contribution in [2.24, 2.45) is 0 Å². The third kappa shape index (κ3) is 3.35. The van der Waals surface area contributed by atoms with Crippen molar-refractivity contribution in [2.45, 2.75) is 32.0 Å². The largest absolute Gasteiger partial charge is 0.389 e. The van der Waals surface area contributed by atoms with Gasteiger partial charge in [-0.25, -0.2) is 0 Å². The van der Waals surface area contributed by atoms with Crippen molar-refractivity contribution in [3.8, 4) is 0 Å². The second kappa shape index (κ2) is 4.31. The summed E-state index contributed by atoms with van der Waals surface area (Å²) in [7, 11) is 0. The van der Waals surface area contributed by atoms with E-state index < -0.39 is 11.7 Å². The molecule has 0 spiro atoms. The van der Waals surface area contributed by atoms with Gasteiger partial charge in [0.05, 0.1) is 6.10 Å². The Bertz CT molecular complexity index is 148. The van der Waals surface area contributed by atoms with E-state index in [-0.39, 0.29) is 0 Å². The summed E-state index contributed by atoms with van der Waals surface area (Å²) in [5.74, 6) is 0. The highest BCUT2D eigenvalue weighted by molar-refractivity contribution is 5.02. The van der Waals surface area contributed by atoms with Gasteiger partial charge in [-0.3, -0.25) is 0 Å². The molecule has 0 aromatic carbocycles. The lowest BCUT2D eigenvalue weighted by Crippen LogP contribution is -2.36. The zero-order chi connectivity index (χ0) is 8.91. The fourth-order valence-corrected chi connectivity index (χ4v) is 0.845. The maximum absolute atomic E-state index is 9.53. The van der Waals surface area contributed by atoms with E-state index >= 15 is 0 Å². The molecule has 0 fully saturated rings. The molecule has 0 aliphatic rings. The van der Waals surface area contributed by atoms with Gasteiger partial charge in [0, 0.05) is 0 Å². The predicted molar refractivity (Wildman–Crippen MR) is 46.3 cm³/mol. The first kappa shape index (κ1) is 10.4. The van der Waals surface area contributed by atoms with Crippen molar-refractivity contribution < 1.29 is 10.2 Å². The molecule has 0 saturated carbocycles. The Morgan fingerprint density at radius 2 is 2.18 bits per heavy atom. The Labute approximate surface area is 67.9 Å². The van der Waals surface area contributed by atoms with Crippen molar-refractivity contribution in [2.75, 3.05) is 0 Å². The molecule has 2 atom stereocenters. The molecule has 2 unspecified atom stereocenters. The summed E-state index contributed by atoms with van der Waals surface area (Å²) in [6.07, 6.45) is 4.50. The topological polar surface area (TPSA) is 40.5 Å². The first-order valence-corrected chi connectivity index (χ1v) is 3.69. The van der Waals surface area contributed by atoms with E-state index in [2.05, 4.69) is 6.58 Å². The van der Waals surface area contributed by atoms with Crippen LogP contribution in [0.5, 0.6) is 0 Å². The molecule has 0 aliphatic carbocycles. The van der Waals surface area contributed by atoms with Crippen molar-refractivity contribution in [1.29, 1.82) is 0 Å². The van der Waals surface area contributed by atoms with E-state index in [4.69, 9.17) is 0 Å². The van der Waals surface area contributed by atoms with Crippen molar-refractivity contribution in [1.82, 2.24) is 0 Å². The lowest BCUT2D eigenvalue weighted by molar-refractivity contribution is -0.0239. The van der Waals surface area contributed by atoms with Gasteiger partial charge in [-0.1, -0.05) is 18.2 Å². The van der Waals surface area contributed by atoms with Crippen LogP contribution in [0, 0.1) is 0 Å². The Hall–Kier alpha value is -0.600. The lowest BCUT2D eigenvalue weighted by Gasteiger charge is -2.24. The first-order valence-electron chi connectivity index (χ1n) is 3.69. The SMILES string of the molecule is C=CCC(O)C(C)(O)C=CC. The number of hydrogen-bond donors (Lipinski definition) is 2. The molecule has 0 saturated heterocycles. The van der Waals surface area contributed by atoms with Gasteiger partial charge in [0.15, 0.2) is 0 Å². The van der Waals surface area contributed by atoms with Gasteiger partial charge >= 0.3 is 0 Å². The quantitative estimate of drug-likeness (QED) is 0.601. The summed E-state index contributed by atoms with van der Waals surface area (Å²) >= 11 is 0. The molecule has 0 aromatic rings. The Morgan fingerprint density at radius 3 is 2.55 bits per heavy atom. The summed E-state index contributed by atoms with van der Waals surface area (Å²) in [6, 6.07) is 0. The van der Waals surface area contributed by atoms with Crippen LogP contribution in [-0.4, -0.2) is 21.9 Å². The van der Waals surface area contributed by atoms with E-state index in [0.717, 1.165) is 0 Å². The summed E-state index contributed by atoms with van der Waals surface area (Å²) in [5, 5.41) is 18.9. The third-order valence-corrected chi connectivity index (χ3v) is 1.57. The lowest BCUT2D eigenvalue weighted by atomic mass is 9.96. The summed E-state index contributed by atoms with van der Waals surface area (Å²) in [5.41, 5.74) is -1.14. The highest BCUT2D eigenvalue weighted by Gasteiger charge is 2.25. The zero-order valence-electron chi connectivity index (χ0n) is 7.12. The molecule has 0 aliphatic heterocycles. The third-order valence-electron chi connectivity index (χ3n) is 1.57.